The molecule has 3 aliphatic rings. The molecule has 4 rings (SSSR count). The number of fused-ring (bicyclic) bond motifs is 1. The molecule has 1 aliphatic carbocycles. The van der Waals surface area contributed by atoms with Gasteiger partial charge in [-0.15, -0.1) is 0 Å². The maximum absolute atomic E-state index is 13.1. The number of hydrogen-bond donors (Lipinski definition) is 1. The predicted molar refractivity (Wildman–Crippen MR) is 89.6 cm³/mol. The highest BCUT2D eigenvalue weighted by Crippen LogP contribution is 2.44. The first-order chi connectivity index (χ1) is 12.0. The van der Waals surface area contributed by atoms with Crippen molar-refractivity contribution in [3.63, 3.8) is 0 Å². The van der Waals surface area contributed by atoms with Gasteiger partial charge in [-0.2, -0.15) is 0 Å². The normalized spacial score (nSPS) is 29.5. The van der Waals surface area contributed by atoms with E-state index in [-0.39, 0.29) is 24.2 Å². The molecule has 0 bridgehead atoms. The number of benzene rings is 1. The Hall–Kier alpha value is -1.95. The van der Waals surface area contributed by atoms with Crippen LogP contribution in [0.15, 0.2) is 24.3 Å². The maximum Gasteiger partial charge on any atom is 0.313 e. The number of halogens is 1. The summed E-state index contributed by atoms with van der Waals surface area (Å²) in [6.45, 7) is 2.96. The highest BCUT2D eigenvalue weighted by atomic mass is 19.1. The highest BCUT2D eigenvalue weighted by Gasteiger charge is 2.58. The van der Waals surface area contributed by atoms with Gasteiger partial charge in [0.2, 0.25) is 0 Å². The standard InChI is InChI=1S/C19H23FN2O3/c20-16-6-4-14(5-7-16)17(23)22-10-15-9-21(8-13-2-1-3-13)11-19(15,12-22)18(24)25/h4-7,13,15H,1-3,8-12H2,(H,24,25)/t15?,19-/m1/s1. The Kier molecular flexibility index (Phi) is 4.02. The predicted octanol–water partition coefficient (Wildman–Crippen LogP) is 2.08. The first-order valence-corrected chi connectivity index (χ1v) is 8.98. The van der Waals surface area contributed by atoms with Crippen LogP contribution in [-0.4, -0.2) is 59.5 Å². The van der Waals surface area contributed by atoms with E-state index < -0.39 is 11.4 Å². The zero-order valence-electron chi connectivity index (χ0n) is 14.2. The van der Waals surface area contributed by atoms with Gasteiger partial charge in [-0.1, -0.05) is 6.42 Å². The van der Waals surface area contributed by atoms with Crippen molar-refractivity contribution >= 4 is 11.9 Å². The molecule has 2 heterocycles. The molecule has 1 aromatic carbocycles. The van der Waals surface area contributed by atoms with Crippen LogP contribution < -0.4 is 0 Å². The minimum absolute atomic E-state index is 0.0329. The number of carbonyl (C=O) groups is 2. The summed E-state index contributed by atoms with van der Waals surface area (Å²) < 4.78 is 13.1. The van der Waals surface area contributed by atoms with Gasteiger partial charge >= 0.3 is 5.97 Å². The fourth-order valence-electron chi connectivity index (χ4n) is 4.58. The lowest BCUT2D eigenvalue weighted by atomic mass is 9.81. The summed E-state index contributed by atoms with van der Waals surface area (Å²) in [6.07, 6.45) is 3.78. The minimum Gasteiger partial charge on any atom is -0.481 e. The first kappa shape index (κ1) is 16.5. The van der Waals surface area contributed by atoms with Crippen LogP contribution in [0, 0.1) is 23.1 Å². The topological polar surface area (TPSA) is 60.9 Å². The Morgan fingerprint density at radius 2 is 1.88 bits per heavy atom. The SMILES string of the molecule is O=C(c1ccc(F)cc1)N1CC2CN(CC3CCC3)C[C@@]2(C(=O)O)C1. The third-order valence-corrected chi connectivity index (χ3v) is 6.23. The van der Waals surface area contributed by atoms with Crippen LogP contribution in [0.2, 0.25) is 0 Å². The Labute approximate surface area is 146 Å². The number of carbonyl (C=O) groups excluding carboxylic acids is 1. The van der Waals surface area contributed by atoms with Gasteiger partial charge < -0.3 is 14.9 Å². The second-order valence-electron chi connectivity index (χ2n) is 7.84. The molecule has 2 aliphatic heterocycles. The molecular formula is C19H23FN2O3. The van der Waals surface area contributed by atoms with Crippen molar-refractivity contribution in [2.45, 2.75) is 19.3 Å². The van der Waals surface area contributed by atoms with E-state index in [0.29, 0.717) is 24.6 Å². The monoisotopic (exact) mass is 346 g/mol. The summed E-state index contributed by atoms with van der Waals surface area (Å²) in [5, 5.41) is 9.89. The average Bonchev–Trinajstić information content (AvgIpc) is 3.06. The van der Waals surface area contributed by atoms with E-state index in [2.05, 4.69) is 4.90 Å². The summed E-state index contributed by atoms with van der Waals surface area (Å²) in [4.78, 5) is 28.6. The maximum atomic E-state index is 13.1. The molecule has 0 aromatic heterocycles. The minimum atomic E-state index is -0.862. The van der Waals surface area contributed by atoms with Crippen LogP contribution in [0.25, 0.3) is 0 Å². The Balaban J connectivity index is 1.48. The number of nitrogens with zero attached hydrogens (tertiary/aromatic N) is 2. The zero-order valence-corrected chi connectivity index (χ0v) is 14.2. The quantitative estimate of drug-likeness (QED) is 0.907. The van der Waals surface area contributed by atoms with E-state index in [4.69, 9.17) is 0 Å². The average molecular weight is 346 g/mol. The number of rotatable bonds is 4. The van der Waals surface area contributed by atoms with Gasteiger partial charge in [0.1, 0.15) is 11.2 Å². The molecule has 134 valence electrons. The van der Waals surface area contributed by atoms with E-state index in [0.717, 1.165) is 13.1 Å². The van der Waals surface area contributed by atoms with Crippen molar-refractivity contribution in [2.24, 2.45) is 17.3 Å². The molecule has 1 aromatic rings. The van der Waals surface area contributed by atoms with Crippen LogP contribution in [0.1, 0.15) is 29.6 Å². The highest BCUT2D eigenvalue weighted by molar-refractivity contribution is 5.95. The zero-order chi connectivity index (χ0) is 17.6. The molecule has 0 spiro atoms. The van der Waals surface area contributed by atoms with Crippen molar-refractivity contribution in [2.75, 3.05) is 32.7 Å². The molecule has 1 saturated carbocycles. The molecular weight excluding hydrogens is 323 g/mol. The summed E-state index contributed by atoms with van der Waals surface area (Å²) >= 11 is 0. The number of carboxylic acid groups (broad SMARTS) is 1. The van der Waals surface area contributed by atoms with Crippen LogP contribution in [0.5, 0.6) is 0 Å². The van der Waals surface area contributed by atoms with E-state index in [9.17, 15) is 19.1 Å². The van der Waals surface area contributed by atoms with E-state index in [1.807, 2.05) is 0 Å². The van der Waals surface area contributed by atoms with Gasteiger partial charge in [0, 0.05) is 44.2 Å². The van der Waals surface area contributed by atoms with Crippen LogP contribution in [0.3, 0.4) is 0 Å². The fourth-order valence-corrected chi connectivity index (χ4v) is 4.58. The molecule has 2 atom stereocenters. The lowest BCUT2D eigenvalue weighted by Gasteiger charge is -2.31. The number of aliphatic carboxylic acids is 1. The summed E-state index contributed by atoms with van der Waals surface area (Å²) in [5.74, 6) is -0.719. The van der Waals surface area contributed by atoms with Crippen LogP contribution >= 0.6 is 0 Å². The Morgan fingerprint density at radius 1 is 1.16 bits per heavy atom. The van der Waals surface area contributed by atoms with Crippen LogP contribution in [-0.2, 0) is 4.79 Å². The molecule has 0 radical (unpaired) electrons. The molecule has 3 fully saturated rings. The van der Waals surface area contributed by atoms with Crippen molar-refractivity contribution in [1.29, 1.82) is 0 Å². The van der Waals surface area contributed by atoms with Gasteiger partial charge in [-0.3, -0.25) is 9.59 Å². The number of carboxylic acids is 1. The smallest absolute Gasteiger partial charge is 0.313 e. The fraction of sp³-hybridized carbons (Fsp3) is 0.579. The largest absolute Gasteiger partial charge is 0.481 e. The molecule has 1 amide bonds. The van der Waals surface area contributed by atoms with Crippen LogP contribution in [0.4, 0.5) is 4.39 Å². The third kappa shape index (κ3) is 2.82. The molecule has 5 nitrogen and oxygen atoms in total. The van der Waals surface area contributed by atoms with Gasteiger partial charge in [0.05, 0.1) is 0 Å². The Morgan fingerprint density at radius 3 is 2.44 bits per heavy atom. The number of likely N-dealkylation sites (tertiary alicyclic amines) is 2. The number of amides is 1. The van der Waals surface area contributed by atoms with Crippen molar-refractivity contribution in [1.82, 2.24) is 9.80 Å². The third-order valence-electron chi connectivity index (χ3n) is 6.23. The molecule has 25 heavy (non-hydrogen) atoms. The molecule has 2 saturated heterocycles. The van der Waals surface area contributed by atoms with Gasteiger partial charge in [0.15, 0.2) is 0 Å². The lowest BCUT2D eigenvalue weighted by Crippen LogP contribution is -2.43. The summed E-state index contributed by atoms with van der Waals surface area (Å²) in [7, 11) is 0. The Bertz CT molecular complexity index is 688. The van der Waals surface area contributed by atoms with Crippen molar-refractivity contribution < 1.29 is 19.1 Å². The van der Waals surface area contributed by atoms with E-state index >= 15 is 0 Å². The lowest BCUT2D eigenvalue weighted by molar-refractivity contribution is -0.148. The van der Waals surface area contributed by atoms with Gasteiger partial charge in [0.25, 0.3) is 5.91 Å². The molecule has 1 N–H and O–H groups in total. The second-order valence-corrected chi connectivity index (χ2v) is 7.84. The first-order valence-electron chi connectivity index (χ1n) is 8.98. The summed E-state index contributed by atoms with van der Waals surface area (Å²) in [6, 6.07) is 5.44. The van der Waals surface area contributed by atoms with Gasteiger partial charge in [-0.25, -0.2) is 4.39 Å². The van der Waals surface area contributed by atoms with E-state index in [1.54, 1.807) is 4.90 Å². The number of hydrogen-bond acceptors (Lipinski definition) is 3. The van der Waals surface area contributed by atoms with Crippen molar-refractivity contribution in [3.8, 4) is 0 Å². The molecule has 1 unspecified atom stereocenters. The molecule has 6 heteroatoms. The van der Waals surface area contributed by atoms with E-state index in [1.165, 1.54) is 43.5 Å². The summed E-state index contributed by atoms with van der Waals surface area (Å²) in [5.41, 5.74) is -0.451. The van der Waals surface area contributed by atoms with Crippen molar-refractivity contribution in [3.05, 3.63) is 35.6 Å². The second kappa shape index (κ2) is 6.09. The van der Waals surface area contributed by atoms with Gasteiger partial charge in [-0.05, 0) is 43.0 Å².